The number of aromatic nitrogens is 1. The van der Waals surface area contributed by atoms with E-state index >= 15 is 0 Å². The molecule has 0 bridgehead atoms. The van der Waals surface area contributed by atoms with Gasteiger partial charge < -0.3 is 16.2 Å². The molecule has 1 aliphatic carbocycles. The Morgan fingerprint density at radius 1 is 1.45 bits per heavy atom. The van der Waals surface area contributed by atoms with Crippen LogP contribution in [0.4, 0.5) is 5.82 Å². The molecular weight excluding hydrogens is 250 g/mol. The zero-order valence-corrected chi connectivity index (χ0v) is 12.6. The molecule has 1 unspecified atom stereocenters. The number of nitrogens with zero attached hydrogens (tertiary/aromatic N) is 1. The third-order valence-electron chi connectivity index (χ3n) is 4.59. The molecule has 1 aromatic rings. The lowest BCUT2D eigenvalue weighted by Gasteiger charge is -2.43. The number of pyridine rings is 1. The second-order valence-corrected chi connectivity index (χ2v) is 6.04. The van der Waals surface area contributed by atoms with E-state index in [4.69, 9.17) is 16.2 Å². The van der Waals surface area contributed by atoms with Crippen molar-refractivity contribution in [2.24, 2.45) is 11.7 Å². The summed E-state index contributed by atoms with van der Waals surface area (Å²) in [5.74, 6) is 1.36. The van der Waals surface area contributed by atoms with Crippen LogP contribution in [-0.4, -0.2) is 23.2 Å². The third-order valence-corrected chi connectivity index (χ3v) is 4.59. The molecule has 20 heavy (non-hydrogen) atoms. The van der Waals surface area contributed by atoms with E-state index in [1.165, 1.54) is 12.8 Å². The van der Waals surface area contributed by atoms with E-state index in [0.29, 0.717) is 12.4 Å². The maximum absolute atomic E-state index is 6.51. The maximum Gasteiger partial charge on any atom is 0.126 e. The van der Waals surface area contributed by atoms with Gasteiger partial charge in [0.05, 0.1) is 5.60 Å². The van der Waals surface area contributed by atoms with Gasteiger partial charge >= 0.3 is 0 Å². The minimum absolute atomic E-state index is 0.0264. The van der Waals surface area contributed by atoms with E-state index in [1.807, 2.05) is 19.1 Å². The van der Waals surface area contributed by atoms with Crippen molar-refractivity contribution in [1.29, 1.82) is 0 Å². The van der Waals surface area contributed by atoms with Gasteiger partial charge in [-0.25, -0.2) is 4.98 Å². The summed E-state index contributed by atoms with van der Waals surface area (Å²) in [6, 6.07) is 3.89. The normalized spacial score (nSPS) is 28.2. The molecule has 1 saturated carbocycles. The van der Waals surface area contributed by atoms with Crippen molar-refractivity contribution in [3.05, 3.63) is 23.9 Å². The fraction of sp³-hybridized carbons (Fsp3) is 0.688. The van der Waals surface area contributed by atoms with E-state index in [9.17, 15) is 0 Å². The van der Waals surface area contributed by atoms with Crippen molar-refractivity contribution in [1.82, 2.24) is 4.98 Å². The first-order chi connectivity index (χ1) is 9.57. The zero-order valence-electron chi connectivity index (χ0n) is 12.6. The molecule has 1 aromatic heterocycles. The highest BCUT2D eigenvalue weighted by Gasteiger charge is 2.40. The smallest absolute Gasteiger partial charge is 0.126 e. The summed E-state index contributed by atoms with van der Waals surface area (Å²) in [6.07, 6.45) is 6.91. The fourth-order valence-electron chi connectivity index (χ4n) is 3.21. The summed E-state index contributed by atoms with van der Waals surface area (Å²) in [5, 5.41) is 0. The van der Waals surface area contributed by atoms with Crippen molar-refractivity contribution < 1.29 is 4.74 Å². The Balaban J connectivity index is 2.11. The summed E-state index contributed by atoms with van der Waals surface area (Å²) < 4.78 is 6.11. The van der Waals surface area contributed by atoms with Crippen molar-refractivity contribution >= 4 is 5.82 Å². The third kappa shape index (κ3) is 3.30. The van der Waals surface area contributed by atoms with Crippen LogP contribution in [0.15, 0.2) is 18.3 Å². The van der Waals surface area contributed by atoms with Crippen molar-refractivity contribution in [2.45, 2.75) is 57.6 Å². The van der Waals surface area contributed by atoms with Crippen LogP contribution >= 0.6 is 0 Å². The molecule has 0 radical (unpaired) electrons. The molecule has 0 spiro atoms. The van der Waals surface area contributed by atoms with Gasteiger partial charge in [0.15, 0.2) is 0 Å². The lowest BCUT2D eigenvalue weighted by Crippen LogP contribution is -2.53. The number of nitrogens with two attached hydrogens (primary N) is 2. The quantitative estimate of drug-likeness (QED) is 0.867. The lowest BCUT2D eigenvalue weighted by molar-refractivity contribution is -0.0883. The second-order valence-electron chi connectivity index (χ2n) is 6.04. The number of hydrogen-bond acceptors (Lipinski definition) is 4. The summed E-state index contributed by atoms with van der Waals surface area (Å²) in [6.45, 7) is 5.07. The van der Waals surface area contributed by atoms with Gasteiger partial charge in [0.2, 0.25) is 0 Å². The predicted octanol–water partition coefficient (Wildman–Crippen LogP) is 2.52. The van der Waals surface area contributed by atoms with Crippen LogP contribution in [0.25, 0.3) is 0 Å². The van der Waals surface area contributed by atoms with Crippen LogP contribution in [-0.2, 0) is 11.2 Å². The molecule has 1 atom stereocenters. The van der Waals surface area contributed by atoms with Gasteiger partial charge in [0, 0.05) is 18.8 Å². The minimum Gasteiger partial charge on any atom is -0.383 e. The molecule has 0 saturated heterocycles. The lowest BCUT2D eigenvalue weighted by atomic mass is 9.74. The van der Waals surface area contributed by atoms with Gasteiger partial charge in [-0.1, -0.05) is 13.0 Å². The first-order valence-corrected chi connectivity index (χ1v) is 7.66. The van der Waals surface area contributed by atoms with Gasteiger partial charge in [-0.3, -0.25) is 0 Å². The van der Waals surface area contributed by atoms with Gasteiger partial charge in [0.25, 0.3) is 0 Å². The highest BCUT2D eigenvalue weighted by atomic mass is 16.5. The average molecular weight is 277 g/mol. The predicted molar refractivity (Wildman–Crippen MR) is 82.3 cm³/mol. The Hall–Kier alpha value is -1.13. The Morgan fingerprint density at radius 2 is 2.15 bits per heavy atom. The van der Waals surface area contributed by atoms with E-state index in [0.717, 1.165) is 30.7 Å². The molecule has 0 aliphatic heterocycles. The van der Waals surface area contributed by atoms with E-state index < -0.39 is 0 Å². The molecular formula is C16H27N3O. The molecule has 2 rings (SSSR count). The van der Waals surface area contributed by atoms with Crippen LogP contribution in [0.3, 0.4) is 0 Å². The Labute approximate surface area is 121 Å². The summed E-state index contributed by atoms with van der Waals surface area (Å²) in [4.78, 5) is 4.14. The first-order valence-electron chi connectivity index (χ1n) is 7.66. The SMILES string of the molecule is CCOC1(C(N)Cc2cccnc2N)CCC(C)CC1. The molecule has 112 valence electrons. The first kappa shape index (κ1) is 15.3. The minimum atomic E-state index is -0.191. The molecule has 0 aromatic carbocycles. The number of anilines is 1. The van der Waals surface area contributed by atoms with Crippen LogP contribution in [0.1, 0.15) is 45.1 Å². The molecule has 0 amide bonds. The van der Waals surface area contributed by atoms with E-state index in [-0.39, 0.29) is 11.6 Å². The van der Waals surface area contributed by atoms with Gasteiger partial charge in [-0.2, -0.15) is 0 Å². The highest BCUT2D eigenvalue weighted by molar-refractivity contribution is 5.39. The van der Waals surface area contributed by atoms with Crippen molar-refractivity contribution in [2.75, 3.05) is 12.3 Å². The molecule has 1 aliphatic rings. The number of rotatable bonds is 5. The molecule has 4 nitrogen and oxygen atoms in total. The summed E-state index contributed by atoms with van der Waals surface area (Å²) in [7, 11) is 0. The number of hydrogen-bond donors (Lipinski definition) is 2. The molecule has 4 heteroatoms. The maximum atomic E-state index is 6.51. The van der Waals surface area contributed by atoms with Crippen LogP contribution in [0.5, 0.6) is 0 Å². The van der Waals surface area contributed by atoms with E-state index in [2.05, 4.69) is 11.9 Å². The fourth-order valence-corrected chi connectivity index (χ4v) is 3.21. The average Bonchev–Trinajstić information content (AvgIpc) is 2.44. The number of ether oxygens (including phenoxy) is 1. The molecule has 4 N–H and O–H groups in total. The topological polar surface area (TPSA) is 74.2 Å². The largest absolute Gasteiger partial charge is 0.383 e. The van der Waals surface area contributed by atoms with E-state index in [1.54, 1.807) is 6.20 Å². The van der Waals surface area contributed by atoms with Gasteiger partial charge in [-0.05, 0) is 56.6 Å². The summed E-state index contributed by atoms with van der Waals surface area (Å²) >= 11 is 0. The Bertz CT molecular complexity index is 427. The zero-order chi connectivity index (χ0) is 14.6. The van der Waals surface area contributed by atoms with Crippen LogP contribution < -0.4 is 11.5 Å². The van der Waals surface area contributed by atoms with Crippen molar-refractivity contribution in [3.8, 4) is 0 Å². The van der Waals surface area contributed by atoms with Crippen molar-refractivity contribution in [3.63, 3.8) is 0 Å². The highest BCUT2D eigenvalue weighted by Crippen LogP contribution is 2.37. The van der Waals surface area contributed by atoms with Crippen LogP contribution in [0.2, 0.25) is 0 Å². The van der Waals surface area contributed by atoms with Gasteiger partial charge in [-0.15, -0.1) is 0 Å². The van der Waals surface area contributed by atoms with Gasteiger partial charge in [0.1, 0.15) is 5.82 Å². The number of nitrogen functional groups attached to an aromatic ring is 1. The second kappa shape index (κ2) is 6.55. The molecule has 1 heterocycles. The van der Waals surface area contributed by atoms with Crippen LogP contribution in [0, 0.1) is 5.92 Å². The monoisotopic (exact) mass is 277 g/mol. The molecule has 1 fully saturated rings. The Kier molecular flexibility index (Phi) is 5.00. The Morgan fingerprint density at radius 3 is 2.75 bits per heavy atom. The summed E-state index contributed by atoms with van der Waals surface area (Å²) in [5.41, 5.74) is 13.3. The standard InChI is InChI=1S/C16H27N3O/c1-3-20-16(8-6-12(2)7-9-16)14(17)11-13-5-4-10-19-15(13)18/h4-5,10,12,14H,3,6-9,11,17H2,1-2H3,(H2,18,19).